The van der Waals surface area contributed by atoms with Crippen LogP contribution in [0.2, 0.25) is 0 Å². The molecule has 4 aliphatic rings. The summed E-state index contributed by atoms with van der Waals surface area (Å²) in [6.07, 6.45) is 7.26. The smallest absolute Gasteiger partial charge is 0.0351 e. The highest BCUT2D eigenvalue weighted by atomic mass is 15.3. The molecular weight excluding hydrogens is 296 g/mol. The summed E-state index contributed by atoms with van der Waals surface area (Å²) < 4.78 is 0. The van der Waals surface area contributed by atoms with Crippen LogP contribution >= 0.6 is 0 Å². The Bertz CT molecular complexity index is 400. The molecule has 0 aromatic carbocycles. The summed E-state index contributed by atoms with van der Waals surface area (Å²) in [6.45, 7) is 15.6. The number of likely N-dealkylation sites (N-methyl/N-ethyl adjacent to an activating group) is 1. The fourth-order valence-electron chi connectivity index (χ4n) is 5.08. The molecule has 0 atom stereocenters. The van der Waals surface area contributed by atoms with E-state index in [1.807, 2.05) is 0 Å². The molecule has 4 nitrogen and oxygen atoms in total. The monoisotopic (exact) mass is 334 g/mol. The predicted octanol–water partition coefficient (Wildman–Crippen LogP) is 1.82. The molecule has 4 rings (SSSR count). The van der Waals surface area contributed by atoms with E-state index >= 15 is 0 Å². The minimum atomic E-state index is 0.736. The van der Waals surface area contributed by atoms with Crippen LogP contribution in [0.3, 0.4) is 0 Å². The Morgan fingerprint density at radius 3 is 2.12 bits per heavy atom. The van der Waals surface area contributed by atoms with Crippen molar-refractivity contribution >= 4 is 0 Å². The van der Waals surface area contributed by atoms with Crippen molar-refractivity contribution in [2.75, 3.05) is 72.5 Å². The van der Waals surface area contributed by atoms with Gasteiger partial charge in [-0.1, -0.05) is 6.92 Å². The van der Waals surface area contributed by atoms with Gasteiger partial charge in [0.1, 0.15) is 0 Å². The van der Waals surface area contributed by atoms with E-state index in [0.717, 1.165) is 17.4 Å². The Kier molecular flexibility index (Phi) is 5.19. The summed E-state index contributed by atoms with van der Waals surface area (Å²) in [5, 5.41) is 0. The van der Waals surface area contributed by atoms with Gasteiger partial charge in [0.15, 0.2) is 0 Å². The van der Waals surface area contributed by atoms with E-state index < -0.39 is 0 Å². The zero-order chi connectivity index (χ0) is 16.6. The van der Waals surface area contributed by atoms with Crippen LogP contribution in [0.25, 0.3) is 0 Å². The number of piperidine rings is 1. The first kappa shape index (κ1) is 17.3. The highest BCUT2D eigenvalue weighted by molar-refractivity contribution is 4.95. The van der Waals surface area contributed by atoms with Crippen molar-refractivity contribution in [3.8, 4) is 0 Å². The van der Waals surface area contributed by atoms with Gasteiger partial charge >= 0.3 is 0 Å². The van der Waals surface area contributed by atoms with Gasteiger partial charge < -0.3 is 9.80 Å². The van der Waals surface area contributed by atoms with Crippen LogP contribution < -0.4 is 0 Å². The Labute approximate surface area is 149 Å². The maximum Gasteiger partial charge on any atom is 0.0351 e. The molecule has 4 fully saturated rings. The Morgan fingerprint density at radius 1 is 0.875 bits per heavy atom. The molecule has 0 unspecified atom stereocenters. The fourth-order valence-corrected chi connectivity index (χ4v) is 5.08. The van der Waals surface area contributed by atoms with E-state index in [1.165, 1.54) is 97.6 Å². The lowest BCUT2D eigenvalue weighted by atomic mass is 9.92. The molecule has 1 saturated carbocycles. The molecule has 4 heteroatoms. The van der Waals surface area contributed by atoms with Gasteiger partial charge in [-0.2, -0.15) is 0 Å². The number of piperazine rings is 1. The van der Waals surface area contributed by atoms with Gasteiger partial charge in [-0.05, 0) is 63.6 Å². The van der Waals surface area contributed by atoms with Gasteiger partial charge in [0.05, 0.1) is 0 Å². The van der Waals surface area contributed by atoms with Gasteiger partial charge in [0.25, 0.3) is 0 Å². The van der Waals surface area contributed by atoms with Crippen LogP contribution in [0.5, 0.6) is 0 Å². The van der Waals surface area contributed by atoms with Crippen molar-refractivity contribution in [3.63, 3.8) is 0 Å². The highest BCUT2D eigenvalue weighted by Gasteiger charge is 2.42. The predicted molar refractivity (Wildman–Crippen MR) is 100 cm³/mol. The standard InChI is InChI=1S/C20H38N4/c1-3-20(6-7-20)17-22-8-4-18(5-9-22)14-23-15-19(16-23)24-12-10-21(2)11-13-24/h18-19H,3-17H2,1-2H3. The van der Waals surface area contributed by atoms with Crippen molar-refractivity contribution in [2.45, 2.75) is 45.1 Å². The van der Waals surface area contributed by atoms with Crippen LogP contribution in [-0.2, 0) is 0 Å². The number of rotatable bonds is 6. The van der Waals surface area contributed by atoms with E-state index in [4.69, 9.17) is 0 Å². The SMILES string of the molecule is CCC1(CN2CCC(CN3CC(N4CCN(C)CC4)C3)CC2)CC1. The molecule has 0 aromatic rings. The zero-order valence-electron chi connectivity index (χ0n) is 16.1. The summed E-state index contributed by atoms with van der Waals surface area (Å²) in [6, 6.07) is 0.859. The third kappa shape index (κ3) is 3.98. The molecule has 0 N–H and O–H groups in total. The molecule has 3 saturated heterocycles. The lowest BCUT2D eigenvalue weighted by Gasteiger charge is -2.49. The van der Waals surface area contributed by atoms with Crippen LogP contribution in [0.4, 0.5) is 0 Å². The number of hydrogen-bond acceptors (Lipinski definition) is 4. The van der Waals surface area contributed by atoms with Crippen molar-refractivity contribution in [3.05, 3.63) is 0 Å². The van der Waals surface area contributed by atoms with E-state index in [0.29, 0.717) is 0 Å². The maximum absolute atomic E-state index is 2.77. The molecule has 0 amide bonds. The minimum Gasteiger partial charge on any atom is -0.304 e. The van der Waals surface area contributed by atoms with Gasteiger partial charge in [0, 0.05) is 58.4 Å². The Hall–Kier alpha value is -0.160. The molecular formula is C20H38N4. The van der Waals surface area contributed by atoms with Crippen LogP contribution in [0.1, 0.15) is 39.0 Å². The molecule has 0 spiro atoms. The minimum absolute atomic E-state index is 0.736. The molecule has 0 aromatic heterocycles. The van der Waals surface area contributed by atoms with E-state index in [1.54, 1.807) is 0 Å². The average molecular weight is 335 g/mol. The topological polar surface area (TPSA) is 13.0 Å². The number of nitrogens with zero attached hydrogens (tertiary/aromatic N) is 4. The van der Waals surface area contributed by atoms with Crippen molar-refractivity contribution in [1.29, 1.82) is 0 Å². The lowest BCUT2D eigenvalue weighted by molar-refractivity contribution is -0.00365. The summed E-state index contributed by atoms with van der Waals surface area (Å²) >= 11 is 0. The van der Waals surface area contributed by atoms with Gasteiger partial charge in [0.2, 0.25) is 0 Å². The second kappa shape index (κ2) is 7.22. The quantitative estimate of drug-likeness (QED) is 0.734. The molecule has 3 heterocycles. The average Bonchev–Trinajstić information content (AvgIpc) is 3.33. The van der Waals surface area contributed by atoms with Crippen molar-refractivity contribution < 1.29 is 0 Å². The van der Waals surface area contributed by atoms with E-state index in [-0.39, 0.29) is 0 Å². The third-order valence-corrected chi connectivity index (χ3v) is 7.48. The Balaban J connectivity index is 1.12. The fraction of sp³-hybridized carbons (Fsp3) is 1.00. The highest BCUT2D eigenvalue weighted by Crippen LogP contribution is 2.49. The second-order valence-electron chi connectivity index (χ2n) is 9.28. The van der Waals surface area contributed by atoms with Crippen LogP contribution in [0.15, 0.2) is 0 Å². The summed E-state index contributed by atoms with van der Waals surface area (Å²) in [4.78, 5) is 10.7. The van der Waals surface area contributed by atoms with E-state index in [9.17, 15) is 0 Å². The summed E-state index contributed by atoms with van der Waals surface area (Å²) in [5.74, 6) is 0.964. The first-order valence-electron chi connectivity index (χ1n) is 10.5. The van der Waals surface area contributed by atoms with E-state index in [2.05, 4.69) is 33.6 Å². The number of likely N-dealkylation sites (tertiary alicyclic amines) is 2. The Morgan fingerprint density at radius 2 is 1.54 bits per heavy atom. The molecule has 0 bridgehead atoms. The maximum atomic E-state index is 2.77. The molecule has 3 aliphatic heterocycles. The second-order valence-corrected chi connectivity index (χ2v) is 9.28. The molecule has 138 valence electrons. The van der Waals surface area contributed by atoms with Crippen LogP contribution in [0, 0.1) is 11.3 Å². The summed E-state index contributed by atoms with van der Waals surface area (Å²) in [5.41, 5.74) is 0.736. The third-order valence-electron chi connectivity index (χ3n) is 7.48. The molecule has 0 radical (unpaired) electrons. The molecule has 1 aliphatic carbocycles. The van der Waals surface area contributed by atoms with Crippen LogP contribution in [-0.4, -0.2) is 98.1 Å². The first-order valence-corrected chi connectivity index (χ1v) is 10.5. The van der Waals surface area contributed by atoms with Gasteiger partial charge in [-0.25, -0.2) is 0 Å². The molecule has 24 heavy (non-hydrogen) atoms. The number of hydrogen-bond donors (Lipinski definition) is 0. The zero-order valence-corrected chi connectivity index (χ0v) is 16.1. The first-order chi connectivity index (χ1) is 11.7. The lowest BCUT2D eigenvalue weighted by Crippen LogP contribution is -2.63. The van der Waals surface area contributed by atoms with Crippen molar-refractivity contribution in [1.82, 2.24) is 19.6 Å². The van der Waals surface area contributed by atoms with Gasteiger partial charge in [-0.15, -0.1) is 0 Å². The normalized spacial score (nSPS) is 31.2. The summed E-state index contributed by atoms with van der Waals surface area (Å²) in [7, 11) is 2.25. The largest absolute Gasteiger partial charge is 0.304 e. The van der Waals surface area contributed by atoms with Gasteiger partial charge in [-0.3, -0.25) is 9.80 Å². The van der Waals surface area contributed by atoms with Crippen molar-refractivity contribution in [2.24, 2.45) is 11.3 Å².